The molecule has 1 aliphatic heterocycles. The van der Waals surface area contributed by atoms with Gasteiger partial charge < -0.3 is 25.2 Å². The van der Waals surface area contributed by atoms with Crippen molar-refractivity contribution in [1.82, 2.24) is 0 Å². The summed E-state index contributed by atoms with van der Waals surface area (Å²) in [5.74, 6) is -1.38. The fraction of sp³-hybridized carbons (Fsp3) is 0.0690. The van der Waals surface area contributed by atoms with E-state index >= 15 is 0 Å². The maximum atomic E-state index is 13.4. The molecule has 37 heavy (non-hydrogen) atoms. The number of aromatic hydroxyl groups is 2. The van der Waals surface area contributed by atoms with Crippen molar-refractivity contribution in [2.75, 3.05) is 0 Å². The van der Waals surface area contributed by atoms with Gasteiger partial charge in [0.15, 0.2) is 11.5 Å². The van der Waals surface area contributed by atoms with Crippen molar-refractivity contribution in [3.8, 4) is 22.6 Å². The first kappa shape index (κ1) is 23.9. The van der Waals surface area contributed by atoms with Crippen LogP contribution in [0.1, 0.15) is 27.0 Å². The van der Waals surface area contributed by atoms with E-state index in [1.165, 1.54) is 12.1 Å². The number of carboxylic acid groups (broad SMARTS) is 1. The number of quaternary nitrogens is 1. The largest absolute Gasteiger partial charge is 0.627 e. The van der Waals surface area contributed by atoms with E-state index in [1.54, 1.807) is 54.7 Å². The highest BCUT2D eigenvalue weighted by Crippen LogP contribution is 2.41. The van der Waals surface area contributed by atoms with E-state index in [1.807, 2.05) is 30.3 Å². The number of nitrogens with zero attached hydrogens (tertiary/aromatic N) is 3. The number of phenols is 2. The van der Waals surface area contributed by atoms with Crippen LogP contribution in [-0.4, -0.2) is 25.9 Å². The summed E-state index contributed by atoms with van der Waals surface area (Å²) in [6.07, 6.45) is 3.29. The second kappa shape index (κ2) is 9.69. The maximum Gasteiger partial charge on any atom is 0.335 e. The lowest BCUT2D eigenvalue weighted by atomic mass is 10.0. The van der Waals surface area contributed by atoms with Crippen LogP contribution in [0.4, 0.5) is 11.4 Å². The van der Waals surface area contributed by atoms with Crippen LogP contribution in [0.25, 0.3) is 17.2 Å². The van der Waals surface area contributed by atoms with Gasteiger partial charge >= 0.3 is 5.97 Å². The number of hydroxylamine groups is 3. The van der Waals surface area contributed by atoms with Crippen molar-refractivity contribution in [2.45, 2.75) is 13.1 Å². The molecule has 8 heteroatoms. The third kappa shape index (κ3) is 4.97. The van der Waals surface area contributed by atoms with Crippen LogP contribution in [0, 0.1) is 5.21 Å². The van der Waals surface area contributed by atoms with Crippen molar-refractivity contribution in [3.05, 3.63) is 119 Å². The maximum absolute atomic E-state index is 13.4. The second-order valence-electron chi connectivity index (χ2n) is 8.83. The number of carbonyl (C=O) groups is 1. The highest BCUT2D eigenvalue weighted by Gasteiger charge is 2.25. The minimum absolute atomic E-state index is 0.0383. The van der Waals surface area contributed by atoms with E-state index in [2.05, 4.69) is 10.2 Å². The van der Waals surface area contributed by atoms with Gasteiger partial charge in [-0.2, -0.15) is 0 Å². The van der Waals surface area contributed by atoms with Gasteiger partial charge in [0.1, 0.15) is 24.5 Å². The van der Waals surface area contributed by atoms with Crippen molar-refractivity contribution in [1.29, 1.82) is 0 Å². The Balaban J connectivity index is 1.43. The zero-order valence-electron chi connectivity index (χ0n) is 19.7. The van der Waals surface area contributed by atoms with Crippen LogP contribution in [0.3, 0.4) is 0 Å². The molecule has 0 radical (unpaired) electrons. The Kier molecular flexibility index (Phi) is 6.27. The minimum atomic E-state index is -1.07. The smallest absolute Gasteiger partial charge is 0.335 e. The molecule has 184 valence electrons. The first-order valence-electron chi connectivity index (χ1n) is 11.6. The molecule has 1 aliphatic rings. The number of hydrogen-bond donors (Lipinski definition) is 3. The first-order valence-corrected chi connectivity index (χ1v) is 11.6. The monoisotopic (exact) mass is 493 g/mol. The first-order chi connectivity index (χ1) is 17.8. The van der Waals surface area contributed by atoms with Crippen molar-refractivity contribution >= 4 is 23.4 Å². The molecular formula is C29H23N3O5. The molecule has 1 atom stereocenters. The standard InChI is InChI=1S/C29H23N3O5/c33-27-23(21-8-4-9-22(16-21)29(35)36)10-5-11-25(27)30-31-26-13-12-20-14-15-32(37,18-24(20)28(26)34)17-19-6-2-1-3-7-19/h1-16,33-34H,17-18H2,(H,35,36). The van der Waals surface area contributed by atoms with E-state index in [0.29, 0.717) is 16.7 Å². The Labute approximate surface area is 212 Å². The molecular weight excluding hydrogens is 470 g/mol. The molecule has 8 nitrogen and oxygen atoms in total. The van der Waals surface area contributed by atoms with Crippen LogP contribution in [0.15, 0.2) is 101 Å². The number of aromatic carboxylic acids is 1. The van der Waals surface area contributed by atoms with Gasteiger partial charge in [-0.1, -0.05) is 60.7 Å². The SMILES string of the molecule is O=C(O)c1cccc(-c2cccc(N=Nc3ccc4c(c3O)C[N+]([O-])(Cc3ccccc3)C=C4)c2O)c1. The zero-order chi connectivity index (χ0) is 26.0. The molecule has 0 fully saturated rings. The van der Waals surface area contributed by atoms with Gasteiger partial charge in [-0.05, 0) is 41.5 Å². The molecule has 0 aliphatic carbocycles. The summed E-state index contributed by atoms with van der Waals surface area (Å²) in [5, 5.41) is 52.7. The normalized spacial score (nSPS) is 16.6. The number of fused-ring (bicyclic) bond motifs is 1. The number of azo groups is 1. The molecule has 4 aromatic rings. The highest BCUT2D eigenvalue weighted by atomic mass is 16.5. The van der Waals surface area contributed by atoms with Crippen molar-refractivity contribution in [3.63, 3.8) is 0 Å². The summed E-state index contributed by atoms with van der Waals surface area (Å²) in [6.45, 7) is 0.266. The molecule has 0 bridgehead atoms. The molecule has 1 unspecified atom stereocenters. The van der Waals surface area contributed by atoms with Gasteiger partial charge in [-0.15, -0.1) is 10.2 Å². The van der Waals surface area contributed by atoms with E-state index in [0.717, 1.165) is 11.1 Å². The van der Waals surface area contributed by atoms with Gasteiger partial charge in [0.2, 0.25) is 0 Å². The number of hydrogen-bond acceptors (Lipinski definition) is 6. The molecule has 1 heterocycles. The topological polar surface area (TPSA) is 126 Å². The molecule has 0 spiro atoms. The molecule has 3 N–H and O–H groups in total. The van der Waals surface area contributed by atoms with Crippen LogP contribution < -0.4 is 0 Å². The lowest BCUT2D eigenvalue weighted by Gasteiger charge is -2.41. The zero-order valence-corrected chi connectivity index (χ0v) is 19.7. The number of rotatable bonds is 6. The fourth-order valence-electron chi connectivity index (χ4n) is 4.35. The highest BCUT2D eigenvalue weighted by molar-refractivity contribution is 5.90. The quantitative estimate of drug-likeness (QED) is 0.153. The molecule has 0 saturated carbocycles. The average Bonchev–Trinajstić information content (AvgIpc) is 2.90. The van der Waals surface area contributed by atoms with Crippen LogP contribution in [0.2, 0.25) is 0 Å². The van der Waals surface area contributed by atoms with Gasteiger partial charge in [-0.25, -0.2) is 4.79 Å². The van der Waals surface area contributed by atoms with E-state index in [9.17, 15) is 25.3 Å². The third-order valence-electron chi connectivity index (χ3n) is 6.24. The van der Waals surface area contributed by atoms with E-state index < -0.39 is 10.6 Å². The molecule has 5 rings (SSSR count). The Morgan fingerprint density at radius 1 is 0.865 bits per heavy atom. The molecule has 4 aromatic carbocycles. The van der Waals surface area contributed by atoms with Crippen LogP contribution in [-0.2, 0) is 13.1 Å². The molecule has 0 amide bonds. The van der Waals surface area contributed by atoms with E-state index in [4.69, 9.17) is 0 Å². The Morgan fingerprint density at radius 2 is 1.59 bits per heavy atom. The predicted octanol–water partition coefficient (Wildman–Crippen LogP) is 6.88. The van der Waals surface area contributed by atoms with Crippen LogP contribution in [0.5, 0.6) is 11.5 Å². The predicted molar refractivity (Wildman–Crippen MR) is 139 cm³/mol. The Bertz CT molecular complexity index is 1550. The number of para-hydroxylation sites is 1. The summed E-state index contributed by atoms with van der Waals surface area (Å²) in [5.41, 5.74) is 3.42. The number of carboxylic acids is 1. The molecule has 0 aromatic heterocycles. The van der Waals surface area contributed by atoms with Gasteiger partial charge in [0.05, 0.1) is 17.3 Å². The van der Waals surface area contributed by atoms with E-state index in [-0.39, 0.29) is 41.5 Å². The fourth-order valence-corrected chi connectivity index (χ4v) is 4.35. The van der Waals surface area contributed by atoms with Crippen molar-refractivity contribution < 1.29 is 24.8 Å². The van der Waals surface area contributed by atoms with Gasteiger partial charge in [0.25, 0.3) is 0 Å². The van der Waals surface area contributed by atoms with Gasteiger partial charge in [0, 0.05) is 11.1 Å². The summed E-state index contributed by atoms with van der Waals surface area (Å²) < 4.78 is -0.649. The Hall–Kier alpha value is -4.79. The lowest BCUT2D eigenvalue weighted by molar-refractivity contribution is -0.857. The Morgan fingerprint density at radius 3 is 2.35 bits per heavy atom. The summed E-state index contributed by atoms with van der Waals surface area (Å²) in [4.78, 5) is 11.3. The van der Waals surface area contributed by atoms with Crippen molar-refractivity contribution in [2.24, 2.45) is 10.2 Å². The summed E-state index contributed by atoms with van der Waals surface area (Å²) in [7, 11) is 0. The summed E-state index contributed by atoms with van der Waals surface area (Å²) >= 11 is 0. The third-order valence-corrected chi connectivity index (χ3v) is 6.24. The molecule has 0 saturated heterocycles. The summed E-state index contributed by atoms with van der Waals surface area (Å²) in [6, 6.07) is 23.9. The lowest BCUT2D eigenvalue weighted by Crippen LogP contribution is -2.36. The number of benzene rings is 4. The minimum Gasteiger partial charge on any atom is -0.627 e. The average molecular weight is 494 g/mol. The second-order valence-corrected chi connectivity index (χ2v) is 8.83. The van der Waals surface area contributed by atoms with Gasteiger partial charge in [-0.3, -0.25) is 0 Å². The number of phenolic OH excluding ortho intramolecular Hbond substituents is 2. The van der Waals surface area contributed by atoms with Crippen LogP contribution >= 0.6 is 0 Å².